The fourth-order valence-corrected chi connectivity index (χ4v) is 1.33. The lowest BCUT2D eigenvalue weighted by Gasteiger charge is -2.05. The van der Waals surface area contributed by atoms with Crippen LogP contribution in [-0.2, 0) is 6.54 Å². The molecule has 0 fully saturated rings. The quantitative estimate of drug-likeness (QED) is 0.666. The van der Waals surface area contributed by atoms with Crippen molar-refractivity contribution in [3.8, 4) is 5.75 Å². The second kappa shape index (κ2) is 4.56. The van der Waals surface area contributed by atoms with Crippen LogP contribution in [0.2, 0.25) is 0 Å². The second-order valence-corrected chi connectivity index (χ2v) is 2.89. The maximum absolute atomic E-state index is 5.15. The number of hydrogen-bond donors (Lipinski definition) is 1. The van der Waals surface area contributed by atoms with E-state index >= 15 is 0 Å². The van der Waals surface area contributed by atoms with E-state index in [4.69, 9.17) is 4.74 Å². The Balaban J connectivity index is 2.83. The van der Waals surface area contributed by atoms with Gasteiger partial charge in [0.15, 0.2) is 0 Å². The van der Waals surface area contributed by atoms with E-state index < -0.39 is 0 Å². The number of para-hydroxylation sites is 1. The highest BCUT2D eigenvalue weighted by Crippen LogP contribution is 2.16. The number of ether oxygens (including phenoxy) is 1. The summed E-state index contributed by atoms with van der Waals surface area (Å²) in [5, 5.41) is 0. The molecule has 3 heteroatoms. The molecular formula is C8H10INO. The van der Waals surface area contributed by atoms with E-state index in [1.807, 2.05) is 24.3 Å². The van der Waals surface area contributed by atoms with Gasteiger partial charge in [-0.05, 0) is 6.07 Å². The number of rotatable bonds is 3. The Labute approximate surface area is 80.4 Å². The summed E-state index contributed by atoms with van der Waals surface area (Å²) >= 11 is 2.12. The predicted molar refractivity (Wildman–Crippen MR) is 53.9 cm³/mol. The van der Waals surface area contributed by atoms with Crippen LogP contribution in [0.4, 0.5) is 0 Å². The van der Waals surface area contributed by atoms with Crippen LogP contribution in [0, 0.1) is 0 Å². The molecule has 60 valence electrons. The van der Waals surface area contributed by atoms with E-state index in [0.29, 0.717) is 0 Å². The third kappa shape index (κ3) is 2.34. The average molecular weight is 263 g/mol. The van der Waals surface area contributed by atoms with Gasteiger partial charge in [-0.3, -0.25) is 3.53 Å². The zero-order chi connectivity index (χ0) is 8.10. The van der Waals surface area contributed by atoms with Crippen molar-refractivity contribution < 1.29 is 4.74 Å². The van der Waals surface area contributed by atoms with Crippen molar-refractivity contribution in [2.45, 2.75) is 6.54 Å². The molecule has 0 aliphatic rings. The molecule has 0 unspecified atom stereocenters. The van der Waals surface area contributed by atoms with E-state index in [-0.39, 0.29) is 0 Å². The van der Waals surface area contributed by atoms with Gasteiger partial charge in [-0.1, -0.05) is 18.2 Å². The Kier molecular flexibility index (Phi) is 3.65. The average Bonchev–Trinajstić information content (AvgIpc) is 2.06. The summed E-state index contributed by atoms with van der Waals surface area (Å²) in [6, 6.07) is 7.98. The Bertz CT molecular complexity index is 227. The molecule has 11 heavy (non-hydrogen) atoms. The first-order valence-electron chi connectivity index (χ1n) is 3.34. The Morgan fingerprint density at radius 3 is 2.82 bits per heavy atom. The highest BCUT2D eigenvalue weighted by molar-refractivity contribution is 14.1. The van der Waals surface area contributed by atoms with Crippen LogP contribution in [0.3, 0.4) is 0 Å². The van der Waals surface area contributed by atoms with Crippen molar-refractivity contribution in [2.75, 3.05) is 7.11 Å². The summed E-state index contributed by atoms with van der Waals surface area (Å²) in [6.07, 6.45) is 0. The molecule has 0 radical (unpaired) electrons. The standard InChI is InChI=1S/C8H10INO/c1-11-8-5-3-2-4-7(8)6-10-9/h2-5,10H,6H2,1H3. The van der Waals surface area contributed by atoms with Gasteiger partial charge in [-0.15, -0.1) is 0 Å². The molecule has 0 spiro atoms. The van der Waals surface area contributed by atoms with Crippen LogP contribution in [0.15, 0.2) is 24.3 Å². The van der Waals surface area contributed by atoms with Crippen LogP contribution in [0.1, 0.15) is 5.56 Å². The predicted octanol–water partition coefficient (Wildman–Crippen LogP) is 2.13. The summed E-state index contributed by atoms with van der Waals surface area (Å²) in [5.74, 6) is 0.941. The molecule has 0 aliphatic carbocycles. The van der Waals surface area contributed by atoms with Gasteiger partial charge in [0, 0.05) is 35.0 Å². The molecule has 1 N–H and O–H groups in total. The molecule has 0 aromatic heterocycles. The molecule has 0 aliphatic heterocycles. The summed E-state index contributed by atoms with van der Waals surface area (Å²) in [4.78, 5) is 0. The van der Waals surface area contributed by atoms with E-state index in [0.717, 1.165) is 12.3 Å². The molecule has 0 amide bonds. The van der Waals surface area contributed by atoms with Crippen molar-refractivity contribution in [1.82, 2.24) is 3.53 Å². The van der Waals surface area contributed by atoms with Gasteiger partial charge in [-0.25, -0.2) is 0 Å². The van der Waals surface area contributed by atoms with Crippen molar-refractivity contribution in [3.05, 3.63) is 29.8 Å². The topological polar surface area (TPSA) is 21.3 Å². The van der Waals surface area contributed by atoms with Crippen LogP contribution >= 0.6 is 22.9 Å². The van der Waals surface area contributed by atoms with Crippen LogP contribution in [-0.4, -0.2) is 7.11 Å². The summed E-state index contributed by atoms with van der Waals surface area (Å²) in [7, 11) is 1.69. The fraction of sp³-hybridized carbons (Fsp3) is 0.250. The molecule has 0 saturated carbocycles. The number of nitrogens with one attached hydrogen (secondary N) is 1. The molecule has 2 nitrogen and oxygen atoms in total. The van der Waals surface area contributed by atoms with Gasteiger partial charge in [0.05, 0.1) is 7.11 Å². The smallest absolute Gasteiger partial charge is 0.123 e. The van der Waals surface area contributed by atoms with Gasteiger partial charge >= 0.3 is 0 Å². The zero-order valence-electron chi connectivity index (χ0n) is 6.30. The van der Waals surface area contributed by atoms with Gasteiger partial charge in [-0.2, -0.15) is 0 Å². The van der Waals surface area contributed by atoms with Crippen LogP contribution in [0.25, 0.3) is 0 Å². The largest absolute Gasteiger partial charge is 0.496 e. The van der Waals surface area contributed by atoms with Gasteiger partial charge in [0.2, 0.25) is 0 Å². The van der Waals surface area contributed by atoms with Crippen LogP contribution < -0.4 is 8.27 Å². The number of hydrogen-bond acceptors (Lipinski definition) is 2. The molecule has 0 atom stereocenters. The summed E-state index contributed by atoms with van der Waals surface area (Å²) < 4.78 is 8.20. The first kappa shape index (κ1) is 8.80. The number of methoxy groups -OCH3 is 1. The molecule has 0 heterocycles. The molecule has 1 aromatic carbocycles. The summed E-state index contributed by atoms with van der Waals surface area (Å²) in [5.41, 5.74) is 1.18. The maximum Gasteiger partial charge on any atom is 0.123 e. The number of benzene rings is 1. The van der Waals surface area contributed by atoms with Gasteiger partial charge in [0.1, 0.15) is 5.75 Å². The first-order valence-corrected chi connectivity index (χ1v) is 4.41. The third-order valence-electron chi connectivity index (χ3n) is 1.45. The fourth-order valence-electron chi connectivity index (χ4n) is 0.921. The van der Waals surface area contributed by atoms with E-state index in [1.54, 1.807) is 7.11 Å². The lowest BCUT2D eigenvalue weighted by atomic mass is 10.2. The van der Waals surface area contributed by atoms with Crippen molar-refractivity contribution in [2.24, 2.45) is 0 Å². The van der Waals surface area contributed by atoms with E-state index in [9.17, 15) is 0 Å². The Morgan fingerprint density at radius 1 is 1.45 bits per heavy atom. The lowest BCUT2D eigenvalue weighted by molar-refractivity contribution is 0.409. The minimum Gasteiger partial charge on any atom is -0.496 e. The van der Waals surface area contributed by atoms with Crippen molar-refractivity contribution in [3.63, 3.8) is 0 Å². The van der Waals surface area contributed by atoms with E-state index in [1.165, 1.54) is 5.56 Å². The number of halogens is 1. The Morgan fingerprint density at radius 2 is 2.18 bits per heavy atom. The monoisotopic (exact) mass is 263 g/mol. The summed E-state index contributed by atoms with van der Waals surface area (Å²) in [6.45, 7) is 0.838. The highest BCUT2D eigenvalue weighted by Gasteiger charge is 1.98. The van der Waals surface area contributed by atoms with Crippen LogP contribution in [0.5, 0.6) is 5.75 Å². The normalized spacial score (nSPS) is 9.64. The third-order valence-corrected chi connectivity index (χ3v) is 1.83. The van der Waals surface area contributed by atoms with Crippen molar-refractivity contribution in [1.29, 1.82) is 0 Å². The minimum atomic E-state index is 0.838. The molecule has 1 aromatic rings. The minimum absolute atomic E-state index is 0.838. The van der Waals surface area contributed by atoms with Crippen molar-refractivity contribution >= 4 is 22.9 Å². The SMILES string of the molecule is COc1ccccc1CNI. The molecule has 1 rings (SSSR count). The molecule has 0 saturated heterocycles. The first-order chi connectivity index (χ1) is 5.38. The molecule has 0 bridgehead atoms. The zero-order valence-corrected chi connectivity index (χ0v) is 8.46. The lowest BCUT2D eigenvalue weighted by Crippen LogP contribution is -1.99. The second-order valence-electron chi connectivity index (χ2n) is 2.12. The van der Waals surface area contributed by atoms with E-state index in [2.05, 4.69) is 26.4 Å². The van der Waals surface area contributed by atoms with Gasteiger partial charge in [0.25, 0.3) is 0 Å². The van der Waals surface area contributed by atoms with Gasteiger partial charge < -0.3 is 4.74 Å². The maximum atomic E-state index is 5.15. The Hall–Kier alpha value is -0.290. The highest BCUT2D eigenvalue weighted by atomic mass is 127. The molecular weight excluding hydrogens is 253 g/mol.